The Morgan fingerprint density at radius 3 is 2.69 bits per heavy atom. The van der Waals surface area contributed by atoms with E-state index in [4.69, 9.17) is 4.98 Å². The van der Waals surface area contributed by atoms with Crippen LogP contribution in [0.3, 0.4) is 0 Å². The average Bonchev–Trinajstić information content (AvgIpc) is 2.74. The van der Waals surface area contributed by atoms with Crippen LogP contribution in [0.5, 0.6) is 0 Å². The predicted octanol–water partition coefficient (Wildman–Crippen LogP) is 4.57. The van der Waals surface area contributed by atoms with Crippen molar-refractivity contribution in [2.24, 2.45) is 0 Å². The van der Waals surface area contributed by atoms with E-state index in [1.54, 1.807) is 13.1 Å². The molecule has 3 heterocycles. The van der Waals surface area contributed by atoms with E-state index >= 15 is 0 Å². The molecular weight excluding hydrogens is 360 g/mol. The lowest BCUT2D eigenvalue weighted by atomic mass is 9.84. The van der Waals surface area contributed by atoms with E-state index in [1.807, 2.05) is 36.5 Å². The molecule has 1 aliphatic rings. The van der Waals surface area contributed by atoms with Gasteiger partial charge in [0.2, 0.25) is 0 Å². The molecule has 5 heteroatoms. The number of allylic oxidation sites excluding steroid dienone is 1. The topological polar surface area (TPSA) is 71.5 Å². The van der Waals surface area contributed by atoms with Crippen molar-refractivity contribution in [2.45, 2.75) is 26.2 Å². The van der Waals surface area contributed by atoms with Crippen LogP contribution >= 0.6 is 0 Å². The largest absolute Gasteiger partial charge is 0.310 e. The van der Waals surface area contributed by atoms with Gasteiger partial charge in [0.1, 0.15) is 5.82 Å². The maximum atomic E-state index is 12.9. The van der Waals surface area contributed by atoms with Crippen molar-refractivity contribution in [3.05, 3.63) is 87.9 Å². The molecule has 0 bridgehead atoms. The molecule has 0 saturated heterocycles. The first-order valence-electron chi connectivity index (χ1n) is 9.80. The predicted molar refractivity (Wildman–Crippen MR) is 115 cm³/mol. The van der Waals surface area contributed by atoms with Crippen molar-refractivity contribution in [3.63, 3.8) is 0 Å². The van der Waals surface area contributed by atoms with Crippen molar-refractivity contribution < 1.29 is 0 Å². The molecule has 0 fully saturated rings. The highest BCUT2D eigenvalue weighted by Gasteiger charge is 2.24. The summed E-state index contributed by atoms with van der Waals surface area (Å²) in [6, 6.07) is 14.2. The molecule has 1 aliphatic carbocycles. The van der Waals surface area contributed by atoms with E-state index < -0.39 is 0 Å². The quantitative estimate of drug-likeness (QED) is 0.553. The summed E-state index contributed by atoms with van der Waals surface area (Å²) in [5, 5.41) is 0.545. The third kappa shape index (κ3) is 3.14. The maximum absolute atomic E-state index is 12.9. The summed E-state index contributed by atoms with van der Waals surface area (Å²) in [7, 11) is 0. The highest BCUT2D eigenvalue weighted by molar-refractivity contribution is 5.98. The van der Waals surface area contributed by atoms with E-state index in [9.17, 15) is 4.79 Å². The van der Waals surface area contributed by atoms with Gasteiger partial charge in [0, 0.05) is 23.5 Å². The molecule has 5 nitrogen and oxygen atoms in total. The van der Waals surface area contributed by atoms with E-state index in [1.165, 1.54) is 5.57 Å². The average molecular weight is 380 g/mol. The van der Waals surface area contributed by atoms with Crippen molar-refractivity contribution in [1.82, 2.24) is 19.9 Å². The fraction of sp³-hybridized carbons (Fsp3) is 0.167. The summed E-state index contributed by atoms with van der Waals surface area (Å²) < 4.78 is 0. The van der Waals surface area contributed by atoms with Crippen LogP contribution in [0.25, 0.3) is 33.8 Å². The zero-order valence-electron chi connectivity index (χ0n) is 16.1. The minimum atomic E-state index is -0.152. The normalized spacial score (nSPS) is 14.9. The van der Waals surface area contributed by atoms with Crippen molar-refractivity contribution >= 4 is 22.7 Å². The van der Waals surface area contributed by atoms with Crippen molar-refractivity contribution in [1.29, 1.82) is 0 Å². The van der Waals surface area contributed by atoms with Gasteiger partial charge < -0.3 is 4.98 Å². The number of pyridine rings is 2. The zero-order chi connectivity index (χ0) is 19.8. The van der Waals surface area contributed by atoms with E-state index in [-0.39, 0.29) is 5.56 Å². The van der Waals surface area contributed by atoms with Gasteiger partial charge in [-0.1, -0.05) is 36.4 Å². The fourth-order valence-electron chi connectivity index (χ4n) is 4.12. The molecule has 3 aromatic heterocycles. The van der Waals surface area contributed by atoms with Gasteiger partial charge in [0.15, 0.2) is 5.65 Å². The van der Waals surface area contributed by atoms with Crippen molar-refractivity contribution in [3.8, 4) is 11.1 Å². The summed E-state index contributed by atoms with van der Waals surface area (Å²) in [6.45, 7) is 1.78. The number of aromatic nitrogens is 4. The molecule has 0 saturated carbocycles. The lowest BCUT2D eigenvalue weighted by Gasteiger charge is -2.22. The van der Waals surface area contributed by atoms with Crippen LogP contribution < -0.4 is 5.56 Å². The van der Waals surface area contributed by atoms with Crippen LogP contribution in [0.2, 0.25) is 0 Å². The molecule has 0 aliphatic heterocycles. The van der Waals surface area contributed by atoms with Crippen LogP contribution in [-0.4, -0.2) is 19.9 Å². The molecule has 0 atom stereocenters. The highest BCUT2D eigenvalue weighted by atomic mass is 16.1. The minimum absolute atomic E-state index is 0.152. The standard InChI is InChI=1S/C24H20N4O/c1-15-26-23-21(24(29)27-15)20(18-10-6-12-25-14-18)19-11-5-9-17(22(19)28-23)13-16-7-3-2-4-8-16/h2-4,6-8,10,12-14H,5,9,11H2,1H3,(H,26,27,28,29). The second-order valence-corrected chi connectivity index (χ2v) is 7.34. The molecule has 1 aromatic carbocycles. The molecule has 0 spiro atoms. The van der Waals surface area contributed by atoms with Gasteiger partial charge in [-0.3, -0.25) is 9.78 Å². The number of aryl methyl sites for hydroxylation is 1. The summed E-state index contributed by atoms with van der Waals surface area (Å²) in [5.41, 5.74) is 6.56. The number of aromatic amines is 1. The molecule has 0 unspecified atom stereocenters. The Kier molecular flexibility index (Phi) is 4.28. The van der Waals surface area contributed by atoms with Gasteiger partial charge in [-0.2, -0.15) is 0 Å². The summed E-state index contributed by atoms with van der Waals surface area (Å²) in [4.78, 5) is 29.4. The number of hydrogen-bond donors (Lipinski definition) is 1. The van der Waals surface area contributed by atoms with E-state index in [0.717, 1.165) is 47.2 Å². The molecular formula is C24H20N4O. The van der Waals surface area contributed by atoms with Gasteiger partial charge in [-0.25, -0.2) is 9.97 Å². The van der Waals surface area contributed by atoms with Crippen LogP contribution in [-0.2, 0) is 6.42 Å². The number of benzene rings is 1. The second-order valence-electron chi connectivity index (χ2n) is 7.34. The summed E-state index contributed by atoms with van der Waals surface area (Å²) >= 11 is 0. The molecule has 29 heavy (non-hydrogen) atoms. The van der Waals surface area contributed by atoms with Gasteiger partial charge >= 0.3 is 0 Å². The number of fused-ring (bicyclic) bond motifs is 2. The number of nitrogens with zero attached hydrogens (tertiary/aromatic N) is 3. The molecule has 4 aromatic rings. The zero-order valence-corrected chi connectivity index (χ0v) is 16.1. The van der Waals surface area contributed by atoms with Crippen LogP contribution in [0.4, 0.5) is 0 Å². The first-order valence-corrected chi connectivity index (χ1v) is 9.80. The Balaban J connectivity index is 1.86. The third-order valence-electron chi connectivity index (χ3n) is 5.34. The SMILES string of the molecule is Cc1nc2nc3c(c(-c4cccnc4)c2c(=O)[nH]1)CCCC3=Cc1ccccc1. The van der Waals surface area contributed by atoms with E-state index in [0.29, 0.717) is 16.9 Å². The molecule has 1 N–H and O–H groups in total. The van der Waals surface area contributed by atoms with Gasteiger partial charge in [-0.15, -0.1) is 0 Å². The first-order chi connectivity index (χ1) is 14.2. The number of rotatable bonds is 2. The maximum Gasteiger partial charge on any atom is 0.261 e. The Bertz CT molecular complexity index is 1290. The summed E-state index contributed by atoms with van der Waals surface area (Å²) in [6.07, 6.45) is 8.60. The van der Waals surface area contributed by atoms with Crippen LogP contribution in [0.15, 0.2) is 59.7 Å². The third-order valence-corrected chi connectivity index (χ3v) is 5.34. The molecule has 0 amide bonds. The minimum Gasteiger partial charge on any atom is -0.310 e. The Labute approximate surface area is 168 Å². The number of hydrogen-bond acceptors (Lipinski definition) is 4. The Morgan fingerprint density at radius 2 is 1.90 bits per heavy atom. The van der Waals surface area contributed by atoms with Crippen molar-refractivity contribution in [2.75, 3.05) is 0 Å². The lowest BCUT2D eigenvalue weighted by molar-refractivity contribution is 0.814. The Hall–Kier alpha value is -3.60. The van der Waals surface area contributed by atoms with Crippen LogP contribution in [0, 0.1) is 6.92 Å². The highest BCUT2D eigenvalue weighted by Crippen LogP contribution is 2.39. The van der Waals surface area contributed by atoms with Gasteiger partial charge in [-0.05, 0) is 55.0 Å². The molecule has 0 radical (unpaired) electrons. The number of nitrogens with one attached hydrogen (secondary N) is 1. The van der Waals surface area contributed by atoms with Crippen LogP contribution in [0.1, 0.15) is 35.5 Å². The molecule has 142 valence electrons. The second kappa shape index (κ2) is 7.09. The van der Waals surface area contributed by atoms with Gasteiger partial charge in [0.05, 0.1) is 11.1 Å². The monoisotopic (exact) mass is 380 g/mol. The molecule has 5 rings (SSSR count). The van der Waals surface area contributed by atoms with Gasteiger partial charge in [0.25, 0.3) is 5.56 Å². The summed E-state index contributed by atoms with van der Waals surface area (Å²) in [5.74, 6) is 0.566. The number of H-pyrrole nitrogens is 1. The Morgan fingerprint density at radius 1 is 1.03 bits per heavy atom. The first kappa shape index (κ1) is 17.5. The van der Waals surface area contributed by atoms with E-state index in [2.05, 4.69) is 33.2 Å². The lowest BCUT2D eigenvalue weighted by Crippen LogP contribution is -2.16. The fourth-order valence-corrected chi connectivity index (χ4v) is 4.12. The smallest absolute Gasteiger partial charge is 0.261 e.